The van der Waals surface area contributed by atoms with Crippen LogP contribution in [0.5, 0.6) is 0 Å². The van der Waals surface area contributed by atoms with E-state index in [4.69, 9.17) is 0 Å². The molecule has 2 fully saturated rings. The van der Waals surface area contributed by atoms with Gasteiger partial charge >= 0.3 is 11.8 Å². The van der Waals surface area contributed by atoms with Crippen LogP contribution < -0.4 is 10.6 Å². The third kappa shape index (κ3) is 5.07. The van der Waals surface area contributed by atoms with Crippen LogP contribution in [0.3, 0.4) is 0 Å². The molecule has 1 aliphatic carbocycles. The van der Waals surface area contributed by atoms with Gasteiger partial charge in [0.15, 0.2) is 0 Å². The van der Waals surface area contributed by atoms with Gasteiger partial charge < -0.3 is 10.6 Å². The molecule has 0 bridgehead atoms. The van der Waals surface area contributed by atoms with Crippen LogP contribution in [0.25, 0.3) is 0 Å². The van der Waals surface area contributed by atoms with Crippen LogP contribution >= 0.6 is 0 Å². The molecular weight excluding hydrogens is 366 g/mol. The van der Waals surface area contributed by atoms with E-state index in [0.29, 0.717) is 32.5 Å². The van der Waals surface area contributed by atoms with E-state index in [9.17, 15) is 18.0 Å². The molecule has 1 saturated carbocycles. The lowest BCUT2D eigenvalue weighted by Crippen LogP contribution is -2.45. The average Bonchev–Trinajstić information content (AvgIpc) is 3.53. The predicted octanol–water partition coefficient (Wildman–Crippen LogP) is 1.18. The Morgan fingerprint density at radius 3 is 2.30 bits per heavy atom. The number of benzene rings is 1. The Hall–Kier alpha value is -1.93. The van der Waals surface area contributed by atoms with E-state index in [1.807, 2.05) is 37.3 Å². The molecule has 1 unspecified atom stereocenters. The van der Waals surface area contributed by atoms with Crippen molar-refractivity contribution in [2.45, 2.75) is 43.9 Å². The van der Waals surface area contributed by atoms with Gasteiger partial charge in [0.05, 0.1) is 11.3 Å². The third-order valence-electron chi connectivity index (χ3n) is 5.28. The zero-order valence-electron chi connectivity index (χ0n) is 15.6. The first-order valence-corrected chi connectivity index (χ1v) is 11.0. The highest BCUT2D eigenvalue weighted by atomic mass is 32.2. The number of piperidine rings is 1. The number of sulfonamides is 1. The molecule has 0 radical (unpaired) electrons. The van der Waals surface area contributed by atoms with E-state index in [-0.39, 0.29) is 17.2 Å². The molecule has 2 amide bonds. The molecule has 27 heavy (non-hydrogen) atoms. The zero-order valence-corrected chi connectivity index (χ0v) is 16.4. The van der Waals surface area contributed by atoms with Gasteiger partial charge in [-0.1, -0.05) is 30.3 Å². The Bertz CT molecular complexity index is 769. The SMILES string of the molecule is CC(NC(=O)C(=O)NCC1CCN(S(=O)(=O)C2CC2)CC1)c1ccccc1. The fourth-order valence-corrected chi connectivity index (χ4v) is 5.22. The van der Waals surface area contributed by atoms with Gasteiger partial charge in [-0.15, -0.1) is 0 Å². The Labute approximate surface area is 160 Å². The van der Waals surface area contributed by atoms with E-state index in [1.165, 1.54) is 0 Å². The summed E-state index contributed by atoms with van der Waals surface area (Å²) in [5.41, 5.74) is 0.933. The minimum Gasteiger partial charge on any atom is -0.348 e. The number of carbonyl (C=O) groups excluding carboxylic acids is 2. The first kappa shape index (κ1) is 19.8. The molecule has 1 aromatic rings. The molecule has 0 spiro atoms. The van der Waals surface area contributed by atoms with Gasteiger partial charge in [0.1, 0.15) is 0 Å². The number of hydrogen-bond donors (Lipinski definition) is 2. The third-order valence-corrected chi connectivity index (χ3v) is 7.68. The average molecular weight is 394 g/mol. The van der Waals surface area contributed by atoms with Gasteiger partial charge in [0, 0.05) is 19.6 Å². The summed E-state index contributed by atoms with van der Waals surface area (Å²) < 4.78 is 26.0. The van der Waals surface area contributed by atoms with Crippen LogP contribution in [0.2, 0.25) is 0 Å². The standard InChI is InChI=1S/C19H27N3O4S/c1-14(16-5-3-2-4-6-16)21-19(24)18(23)20-13-15-9-11-22(12-10-15)27(25,26)17-7-8-17/h2-6,14-15,17H,7-13H2,1H3,(H,20,23)(H,21,24). The summed E-state index contributed by atoms with van der Waals surface area (Å²) in [7, 11) is -3.11. The highest BCUT2D eigenvalue weighted by molar-refractivity contribution is 7.90. The van der Waals surface area contributed by atoms with Crippen molar-refractivity contribution in [3.8, 4) is 0 Å². The largest absolute Gasteiger partial charge is 0.348 e. The molecule has 1 atom stereocenters. The first-order chi connectivity index (χ1) is 12.9. The topological polar surface area (TPSA) is 95.6 Å². The molecular formula is C19H27N3O4S. The Morgan fingerprint density at radius 2 is 1.70 bits per heavy atom. The van der Waals surface area contributed by atoms with Crippen molar-refractivity contribution < 1.29 is 18.0 Å². The molecule has 8 heteroatoms. The van der Waals surface area contributed by atoms with Crippen LogP contribution in [0.4, 0.5) is 0 Å². The van der Waals surface area contributed by atoms with E-state index in [1.54, 1.807) is 4.31 Å². The molecule has 1 saturated heterocycles. The number of nitrogens with zero attached hydrogens (tertiary/aromatic N) is 1. The molecule has 1 heterocycles. The van der Waals surface area contributed by atoms with Gasteiger partial charge in [0.2, 0.25) is 10.0 Å². The molecule has 1 aromatic carbocycles. The van der Waals surface area contributed by atoms with E-state index in [0.717, 1.165) is 18.4 Å². The second kappa shape index (κ2) is 8.39. The van der Waals surface area contributed by atoms with Crippen molar-refractivity contribution in [2.75, 3.05) is 19.6 Å². The second-order valence-corrected chi connectivity index (χ2v) is 9.62. The fraction of sp³-hybridized carbons (Fsp3) is 0.579. The molecule has 148 valence electrons. The summed E-state index contributed by atoms with van der Waals surface area (Å²) in [4.78, 5) is 24.1. The minimum atomic E-state index is -3.11. The highest BCUT2D eigenvalue weighted by Crippen LogP contribution is 2.33. The van der Waals surface area contributed by atoms with Crippen molar-refractivity contribution in [1.29, 1.82) is 0 Å². The van der Waals surface area contributed by atoms with Crippen molar-refractivity contribution in [1.82, 2.24) is 14.9 Å². The summed E-state index contributed by atoms with van der Waals surface area (Å²) in [5.74, 6) is -1.11. The van der Waals surface area contributed by atoms with Gasteiger partial charge in [-0.25, -0.2) is 12.7 Å². The first-order valence-electron chi connectivity index (χ1n) is 9.50. The maximum Gasteiger partial charge on any atom is 0.309 e. The number of nitrogens with one attached hydrogen (secondary N) is 2. The van der Waals surface area contributed by atoms with Gasteiger partial charge in [-0.05, 0) is 44.1 Å². The van der Waals surface area contributed by atoms with E-state index < -0.39 is 21.8 Å². The Morgan fingerprint density at radius 1 is 1.07 bits per heavy atom. The normalized spacial score (nSPS) is 20.0. The molecule has 3 rings (SSSR count). The summed E-state index contributed by atoms with van der Waals surface area (Å²) in [6.07, 6.45) is 2.95. The van der Waals surface area contributed by atoms with Crippen LogP contribution in [0.15, 0.2) is 30.3 Å². The molecule has 7 nitrogen and oxygen atoms in total. The quantitative estimate of drug-likeness (QED) is 0.710. The summed E-state index contributed by atoms with van der Waals surface area (Å²) in [6, 6.07) is 9.20. The van der Waals surface area contributed by atoms with Crippen molar-refractivity contribution in [3.05, 3.63) is 35.9 Å². The molecule has 2 N–H and O–H groups in total. The van der Waals surface area contributed by atoms with Gasteiger partial charge in [-0.3, -0.25) is 9.59 Å². The van der Waals surface area contributed by atoms with Crippen molar-refractivity contribution in [3.63, 3.8) is 0 Å². The molecule has 2 aliphatic rings. The van der Waals surface area contributed by atoms with Crippen LogP contribution in [0, 0.1) is 5.92 Å². The lowest BCUT2D eigenvalue weighted by atomic mass is 9.98. The van der Waals surface area contributed by atoms with Crippen molar-refractivity contribution in [2.24, 2.45) is 5.92 Å². The fourth-order valence-electron chi connectivity index (χ4n) is 3.35. The van der Waals surface area contributed by atoms with E-state index >= 15 is 0 Å². The number of rotatable bonds is 6. The van der Waals surface area contributed by atoms with Crippen LogP contribution in [-0.4, -0.2) is 49.4 Å². The van der Waals surface area contributed by atoms with Gasteiger partial charge in [0.25, 0.3) is 0 Å². The maximum atomic E-state index is 12.2. The number of amides is 2. The zero-order chi connectivity index (χ0) is 19.4. The molecule has 1 aliphatic heterocycles. The lowest BCUT2D eigenvalue weighted by molar-refractivity contribution is -0.139. The van der Waals surface area contributed by atoms with E-state index in [2.05, 4.69) is 10.6 Å². The predicted molar refractivity (Wildman–Crippen MR) is 102 cm³/mol. The summed E-state index contributed by atoms with van der Waals surface area (Å²) >= 11 is 0. The lowest BCUT2D eigenvalue weighted by Gasteiger charge is -2.31. The van der Waals surface area contributed by atoms with Crippen LogP contribution in [0.1, 0.15) is 44.2 Å². The summed E-state index contributed by atoms with van der Waals surface area (Å²) in [6.45, 7) is 3.22. The molecule has 0 aromatic heterocycles. The maximum absolute atomic E-state index is 12.2. The minimum absolute atomic E-state index is 0.177. The summed E-state index contributed by atoms with van der Waals surface area (Å²) in [5, 5.41) is 5.19. The monoisotopic (exact) mass is 393 g/mol. The number of carbonyl (C=O) groups is 2. The second-order valence-electron chi connectivity index (χ2n) is 7.40. The Balaban J connectivity index is 1.40. The number of hydrogen-bond acceptors (Lipinski definition) is 4. The van der Waals surface area contributed by atoms with Crippen molar-refractivity contribution >= 4 is 21.8 Å². The Kier molecular flexibility index (Phi) is 6.16. The van der Waals surface area contributed by atoms with Gasteiger partial charge in [-0.2, -0.15) is 0 Å². The van der Waals surface area contributed by atoms with Crippen LogP contribution in [-0.2, 0) is 19.6 Å². The smallest absolute Gasteiger partial charge is 0.309 e. The highest BCUT2D eigenvalue weighted by Gasteiger charge is 2.41.